The number of likely N-dealkylation sites (N-methyl/N-ethyl adjacent to an activating group) is 1. The van der Waals surface area contributed by atoms with Crippen molar-refractivity contribution >= 4 is 46.6 Å². The number of hydrogen-bond donors (Lipinski definition) is 1. The Hall–Kier alpha value is -0.850. The molecule has 0 bridgehead atoms. The van der Waals surface area contributed by atoms with Gasteiger partial charge in [-0.05, 0) is 24.4 Å². The first-order valence-corrected chi connectivity index (χ1v) is 6.66. The molecule has 0 saturated carbocycles. The van der Waals surface area contributed by atoms with Crippen molar-refractivity contribution in [3.8, 4) is 0 Å². The van der Waals surface area contributed by atoms with Gasteiger partial charge in [-0.25, -0.2) is 4.79 Å². The first-order valence-electron chi connectivity index (χ1n) is 4.69. The number of hydrogen-bond acceptors (Lipinski definition) is 6. The molecule has 2 heterocycles. The minimum absolute atomic E-state index is 0.0758. The highest BCUT2D eigenvalue weighted by atomic mass is 35.5. The lowest BCUT2D eigenvalue weighted by Gasteiger charge is -2.25. The molecule has 17 heavy (non-hydrogen) atoms. The van der Waals surface area contributed by atoms with Gasteiger partial charge in [0.2, 0.25) is 0 Å². The van der Waals surface area contributed by atoms with Crippen LogP contribution in [0.3, 0.4) is 0 Å². The van der Waals surface area contributed by atoms with Crippen LogP contribution in [0.25, 0.3) is 5.76 Å². The molecule has 0 spiro atoms. The molecule has 4 nitrogen and oxygen atoms in total. The molecule has 92 valence electrons. The predicted molar refractivity (Wildman–Crippen MR) is 69.3 cm³/mol. The van der Waals surface area contributed by atoms with E-state index in [0.717, 1.165) is 10.5 Å². The molecule has 0 radical (unpaired) electrons. The van der Waals surface area contributed by atoms with E-state index in [0.29, 0.717) is 9.21 Å². The number of aliphatic hydroxyl groups is 1. The van der Waals surface area contributed by atoms with Crippen LogP contribution in [0, 0.1) is 6.92 Å². The number of aliphatic hydroxyl groups excluding tert-OH is 1. The smallest absolute Gasteiger partial charge is 0.359 e. The number of methoxy groups -OCH3 is 1. The van der Waals surface area contributed by atoms with Crippen molar-refractivity contribution in [1.82, 2.24) is 4.31 Å². The van der Waals surface area contributed by atoms with E-state index in [1.54, 1.807) is 11.4 Å². The number of ether oxygens (including phenoxy) is 1. The molecule has 0 amide bonds. The minimum atomic E-state index is -0.565. The summed E-state index contributed by atoms with van der Waals surface area (Å²) < 4.78 is 6.84. The number of nitrogens with zero attached hydrogens (tertiary/aromatic N) is 1. The molecule has 1 N–H and O–H groups in total. The second-order valence-corrected chi connectivity index (χ2v) is 6.20. The van der Waals surface area contributed by atoms with E-state index in [-0.39, 0.29) is 11.5 Å². The Morgan fingerprint density at radius 2 is 2.18 bits per heavy atom. The van der Waals surface area contributed by atoms with Crippen LogP contribution in [0.2, 0.25) is 4.34 Å². The molecule has 0 saturated heterocycles. The van der Waals surface area contributed by atoms with Gasteiger partial charge in [-0.1, -0.05) is 11.6 Å². The van der Waals surface area contributed by atoms with Crippen molar-refractivity contribution in [2.24, 2.45) is 0 Å². The first-order chi connectivity index (χ1) is 7.97. The van der Waals surface area contributed by atoms with Crippen LogP contribution in [-0.2, 0) is 9.53 Å². The van der Waals surface area contributed by atoms with Gasteiger partial charge >= 0.3 is 5.97 Å². The number of fused-ring (bicyclic) bond motifs is 1. The van der Waals surface area contributed by atoms with Gasteiger partial charge in [0, 0.05) is 7.05 Å². The summed E-state index contributed by atoms with van der Waals surface area (Å²) in [5, 5.41) is 10.1. The van der Waals surface area contributed by atoms with Gasteiger partial charge in [0.1, 0.15) is 0 Å². The van der Waals surface area contributed by atoms with Crippen LogP contribution < -0.4 is 0 Å². The van der Waals surface area contributed by atoms with Crippen LogP contribution in [0.4, 0.5) is 0 Å². The van der Waals surface area contributed by atoms with Gasteiger partial charge < -0.3 is 14.1 Å². The van der Waals surface area contributed by atoms with Gasteiger partial charge in [0.25, 0.3) is 0 Å². The summed E-state index contributed by atoms with van der Waals surface area (Å²) in [6, 6.07) is 0. The average molecular weight is 292 g/mol. The van der Waals surface area contributed by atoms with E-state index in [9.17, 15) is 9.90 Å². The van der Waals surface area contributed by atoms with E-state index < -0.39 is 5.97 Å². The van der Waals surface area contributed by atoms with E-state index >= 15 is 0 Å². The summed E-state index contributed by atoms with van der Waals surface area (Å²) in [5.74, 6) is -0.640. The fourth-order valence-electron chi connectivity index (χ4n) is 1.50. The van der Waals surface area contributed by atoms with E-state index in [1.165, 1.54) is 30.4 Å². The molecule has 2 rings (SSSR count). The molecular weight excluding hydrogens is 282 g/mol. The quantitative estimate of drug-likeness (QED) is 0.636. The van der Waals surface area contributed by atoms with Crippen LogP contribution in [-0.4, -0.2) is 29.5 Å². The van der Waals surface area contributed by atoms with Crippen LogP contribution in [0.15, 0.2) is 10.6 Å². The lowest BCUT2D eigenvalue weighted by molar-refractivity contribution is -0.137. The monoisotopic (exact) mass is 291 g/mol. The predicted octanol–water partition coefficient (Wildman–Crippen LogP) is 3.06. The normalized spacial score (nSPS) is 14.9. The summed E-state index contributed by atoms with van der Waals surface area (Å²) in [7, 11) is 2.98. The maximum atomic E-state index is 11.6. The highest BCUT2D eigenvalue weighted by molar-refractivity contribution is 7.97. The molecule has 0 fully saturated rings. The van der Waals surface area contributed by atoms with Gasteiger partial charge in [0.15, 0.2) is 11.5 Å². The third kappa shape index (κ3) is 1.90. The van der Waals surface area contributed by atoms with Crippen molar-refractivity contribution in [2.75, 3.05) is 14.2 Å². The molecule has 7 heteroatoms. The zero-order valence-corrected chi connectivity index (χ0v) is 11.8. The van der Waals surface area contributed by atoms with Crippen LogP contribution in [0.1, 0.15) is 10.4 Å². The lowest BCUT2D eigenvalue weighted by Crippen LogP contribution is -2.23. The fraction of sp³-hybridized carbons (Fsp3) is 0.300. The number of thiophene rings is 1. The summed E-state index contributed by atoms with van der Waals surface area (Å²) in [6.45, 7) is 1.88. The SMILES string of the molecule is COC(=O)C1=C(O)c2sc(Cl)c(C)c2SN1C. The Labute approximate surface area is 112 Å². The van der Waals surface area contributed by atoms with Crippen molar-refractivity contribution in [3.63, 3.8) is 0 Å². The number of rotatable bonds is 1. The van der Waals surface area contributed by atoms with E-state index in [2.05, 4.69) is 4.74 Å². The Balaban J connectivity index is 2.61. The number of halogens is 1. The van der Waals surface area contributed by atoms with Crippen molar-refractivity contribution in [2.45, 2.75) is 11.8 Å². The van der Waals surface area contributed by atoms with Crippen LogP contribution in [0.5, 0.6) is 0 Å². The molecule has 1 aromatic heterocycles. The molecule has 0 aliphatic carbocycles. The van der Waals surface area contributed by atoms with Gasteiger partial charge in [-0.15, -0.1) is 11.3 Å². The summed E-state index contributed by atoms with van der Waals surface area (Å²) >= 11 is 8.65. The average Bonchev–Trinajstić information content (AvgIpc) is 2.57. The molecule has 1 aliphatic rings. The Kier molecular flexibility index (Phi) is 3.29. The molecule has 0 unspecified atom stereocenters. The molecule has 0 aromatic carbocycles. The van der Waals surface area contributed by atoms with E-state index in [1.807, 2.05) is 6.92 Å². The Morgan fingerprint density at radius 3 is 2.76 bits per heavy atom. The standard InChI is InChI=1S/C10H10ClNO3S2/c1-4-7-8(16-9(4)11)6(13)5(10(14)15-3)12(2)17-7/h13H,1-3H3. The summed E-state index contributed by atoms with van der Waals surface area (Å²) in [6.07, 6.45) is 0. The molecular formula is C10H10ClNO3S2. The van der Waals surface area contributed by atoms with Crippen LogP contribution >= 0.6 is 34.9 Å². The second kappa shape index (κ2) is 4.44. The van der Waals surface area contributed by atoms with Gasteiger partial charge in [-0.2, -0.15) is 0 Å². The van der Waals surface area contributed by atoms with E-state index in [4.69, 9.17) is 11.6 Å². The number of esters is 1. The Morgan fingerprint density at radius 1 is 1.53 bits per heavy atom. The Bertz CT molecular complexity index is 524. The van der Waals surface area contributed by atoms with Gasteiger partial charge in [0.05, 0.1) is 21.2 Å². The fourth-order valence-corrected chi connectivity index (χ4v) is 4.00. The zero-order valence-electron chi connectivity index (χ0n) is 9.41. The number of carbonyl (C=O) groups excluding carboxylic acids is 1. The number of carbonyl (C=O) groups is 1. The highest BCUT2D eigenvalue weighted by Gasteiger charge is 2.32. The van der Waals surface area contributed by atoms with Crippen molar-refractivity contribution in [3.05, 3.63) is 20.5 Å². The molecule has 1 aliphatic heterocycles. The van der Waals surface area contributed by atoms with Crippen molar-refractivity contribution < 1.29 is 14.6 Å². The molecule has 1 aromatic rings. The van der Waals surface area contributed by atoms with Gasteiger partial charge in [-0.3, -0.25) is 0 Å². The summed E-state index contributed by atoms with van der Waals surface area (Å²) in [4.78, 5) is 13.1. The lowest BCUT2D eigenvalue weighted by atomic mass is 10.2. The van der Waals surface area contributed by atoms with Crippen molar-refractivity contribution in [1.29, 1.82) is 0 Å². The third-order valence-corrected chi connectivity index (χ3v) is 5.28. The summed E-state index contributed by atoms with van der Waals surface area (Å²) in [5.41, 5.74) is 1.06. The highest BCUT2D eigenvalue weighted by Crippen LogP contribution is 2.47. The third-order valence-electron chi connectivity index (χ3n) is 2.39. The second-order valence-electron chi connectivity index (χ2n) is 3.44. The zero-order chi connectivity index (χ0) is 12.7. The first kappa shape index (κ1) is 12.6. The molecule has 0 atom stereocenters. The topological polar surface area (TPSA) is 49.8 Å². The maximum absolute atomic E-state index is 11.6. The maximum Gasteiger partial charge on any atom is 0.359 e. The largest absolute Gasteiger partial charge is 0.504 e. The minimum Gasteiger partial charge on any atom is -0.504 e.